The minimum Gasteiger partial charge on any atom is -0.355 e. The van der Waals surface area contributed by atoms with Crippen LogP contribution in [-0.2, 0) is 27.7 Å². The SMILES string of the molecule is CN(CCNC(=O)C1CCN(S(=O)(=O)c2ccc3c(c2)CCC3)CC1)C1CC1. The normalized spacial score (nSPS) is 21.1. The van der Waals surface area contributed by atoms with Crippen molar-refractivity contribution in [3.63, 3.8) is 0 Å². The first kappa shape index (κ1) is 19.9. The Labute approximate surface area is 168 Å². The van der Waals surface area contributed by atoms with Crippen molar-refractivity contribution in [3.8, 4) is 0 Å². The molecule has 0 radical (unpaired) electrons. The number of hydrogen-bond donors (Lipinski definition) is 1. The highest BCUT2D eigenvalue weighted by Gasteiger charge is 2.32. The average Bonchev–Trinajstić information content (AvgIpc) is 3.45. The molecule has 1 heterocycles. The molecule has 1 aliphatic heterocycles. The Balaban J connectivity index is 1.28. The highest BCUT2D eigenvalue weighted by Crippen LogP contribution is 2.28. The molecule has 1 aromatic rings. The summed E-state index contributed by atoms with van der Waals surface area (Å²) in [5.74, 6) is -0.0172. The summed E-state index contributed by atoms with van der Waals surface area (Å²) in [5.41, 5.74) is 2.45. The van der Waals surface area contributed by atoms with E-state index < -0.39 is 10.0 Å². The number of nitrogens with zero attached hydrogens (tertiary/aromatic N) is 2. The van der Waals surface area contributed by atoms with E-state index in [4.69, 9.17) is 0 Å². The lowest BCUT2D eigenvalue weighted by Gasteiger charge is -2.30. The van der Waals surface area contributed by atoms with E-state index in [1.54, 1.807) is 10.4 Å². The van der Waals surface area contributed by atoms with E-state index in [1.165, 1.54) is 24.0 Å². The van der Waals surface area contributed by atoms with Crippen LogP contribution >= 0.6 is 0 Å². The Morgan fingerprint density at radius 2 is 1.86 bits per heavy atom. The van der Waals surface area contributed by atoms with E-state index in [0.717, 1.165) is 25.8 Å². The molecule has 7 heteroatoms. The molecule has 1 aromatic carbocycles. The van der Waals surface area contributed by atoms with Gasteiger partial charge in [0.25, 0.3) is 0 Å². The van der Waals surface area contributed by atoms with E-state index >= 15 is 0 Å². The van der Waals surface area contributed by atoms with Gasteiger partial charge >= 0.3 is 0 Å². The third kappa shape index (κ3) is 4.26. The van der Waals surface area contributed by atoms with Crippen LogP contribution in [-0.4, -0.2) is 62.8 Å². The second kappa shape index (κ2) is 8.13. The number of likely N-dealkylation sites (N-methyl/N-ethyl adjacent to an activating group) is 1. The quantitative estimate of drug-likeness (QED) is 0.751. The minimum absolute atomic E-state index is 0.0683. The van der Waals surface area contributed by atoms with Crippen LogP contribution in [0.25, 0.3) is 0 Å². The molecule has 3 aliphatic rings. The largest absolute Gasteiger partial charge is 0.355 e. The number of piperidine rings is 1. The lowest BCUT2D eigenvalue weighted by Crippen LogP contribution is -2.44. The van der Waals surface area contributed by atoms with Crippen LogP contribution in [0.3, 0.4) is 0 Å². The van der Waals surface area contributed by atoms with Crippen LogP contribution in [0.1, 0.15) is 43.2 Å². The van der Waals surface area contributed by atoms with Crippen molar-refractivity contribution in [1.29, 1.82) is 0 Å². The first-order valence-corrected chi connectivity index (χ1v) is 12.0. The minimum atomic E-state index is -3.47. The van der Waals surface area contributed by atoms with Crippen LogP contribution in [0.4, 0.5) is 0 Å². The number of benzene rings is 1. The molecule has 0 unspecified atom stereocenters. The zero-order chi connectivity index (χ0) is 19.7. The standard InChI is InChI=1S/C21H31N3O3S/c1-23(19-6-7-19)14-11-22-21(25)17-9-12-24(13-10-17)28(26,27)20-8-5-16-3-2-4-18(16)15-20/h5,8,15,17,19H,2-4,6-7,9-14H2,1H3,(H,22,25). The van der Waals surface area contributed by atoms with Crippen molar-refractivity contribution in [2.45, 2.75) is 55.9 Å². The summed E-state index contributed by atoms with van der Waals surface area (Å²) in [4.78, 5) is 15.1. The predicted molar refractivity (Wildman–Crippen MR) is 109 cm³/mol. The molecule has 154 valence electrons. The summed E-state index contributed by atoms with van der Waals surface area (Å²) >= 11 is 0. The number of amides is 1. The van der Waals surface area contributed by atoms with Gasteiger partial charge in [-0.25, -0.2) is 8.42 Å². The Morgan fingerprint density at radius 1 is 1.14 bits per heavy atom. The summed E-state index contributed by atoms with van der Waals surface area (Å²) in [6, 6.07) is 6.26. The van der Waals surface area contributed by atoms with E-state index in [0.29, 0.717) is 43.4 Å². The number of hydrogen-bond acceptors (Lipinski definition) is 4. The van der Waals surface area contributed by atoms with Crippen LogP contribution in [0.15, 0.2) is 23.1 Å². The van der Waals surface area contributed by atoms with Gasteiger partial charge in [0.1, 0.15) is 0 Å². The maximum Gasteiger partial charge on any atom is 0.243 e. The molecule has 0 atom stereocenters. The van der Waals surface area contributed by atoms with Gasteiger partial charge in [0, 0.05) is 38.1 Å². The van der Waals surface area contributed by atoms with Gasteiger partial charge in [-0.3, -0.25) is 4.79 Å². The fraction of sp³-hybridized carbons (Fsp3) is 0.667. The Hall–Kier alpha value is -1.44. The highest BCUT2D eigenvalue weighted by atomic mass is 32.2. The van der Waals surface area contributed by atoms with Crippen molar-refractivity contribution >= 4 is 15.9 Å². The molecule has 2 aliphatic carbocycles. The monoisotopic (exact) mass is 405 g/mol. The topological polar surface area (TPSA) is 69.7 Å². The summed E-state index contributed by atoms with van der Waals surface area (Å²) < 4.78 is 27.6. The molecular weight excluding hydrogens is 374 g/mol. The summed E-state index contributed by atoms with van der Waals surface area (Å²) in [7, 11) is -1.37. The maximum atomic E-state index is 13.0. The fourth-order valence-electron chi connectivity index (χ4n) is 4.41. The third-order valence-corrected chi connectivity index (χ3v) is 8.36. The summed E-state index contributed by atoms with van der Waals surface area (Å²) in [6.07, 6.45) is 6.84. The van der Waals surface area contributed by atoms with Gasteiger partial charge in [-0.1, -0.05) is 6.07 Å². The number of carbonyl (C=O) groups is 1. The van der Waals surface area contributed by atoms with Gasteiger partial charge in [0.15, 0.2) is 0 Å². The zero-order valence-corrected chi connectivity index (χ0v) is 17.5. The molecule has 2 fully saturated rings. The van der Waals surface area contributed by atoms with Crippen LogP contribution in [0.2, 0.25) is 0 Å². The molecule has 1 saturated heterocycles. The molecule has 0 aromatic heterocycles. The maximum absolute atomic E-state index is 13.0. The fourth-order valence-corrected chi connectivity index (χ4v) is 5.93. The van der Waals surface area contributed by atoms with Crippen molar-refractivity contribution in [1.82, 2.24) is 14.5 Å². The molecule has 0 spiro atoms. The van der Waals surface area contributed by atoms with Crippen LogP contribution in [0.5, 0.6) is 0 Å². The molecule has 4 rings (SSSR count). The summed E-state index contributed by atoms with van der Waals surface area (Å²) in [5, 5.41) is 3.03. The van der Waals surface area contributed by atoms with Crippen LogP contribution < -0.4 is 5.32 Å². The number of nitrogens with one attached hydrogen (secondary N) is 1. The van der Waals surface area contributed by atoms with Gasteiger partial charge in [0.05, 0.1) is 4.90 Å². The average molecular weight is 406 g/mol. The predicted octanol–water partition coefficient (Wildman–Crippen LogP) is 1.79. The molecule has 1 amide bonds. The molecule has 1 N–H and O–H groups in total. The van der Waals surface area contributed by atoms with Crippen molar-refractivity contribution < 1.29 is 13.2 Å². The lowest BCUT2D eigenvalue weighted by atomic mass is 9.97. The van der Waals surface area contributed by atoms with Gasteiger partial charge in [-0.05, 0) is 75.3 Å². The molecule has 0 bridgehead atoms. The number of carbonyl (C=O) groups excluding carboxylic acids is 1. The lowest BCUT2D eigenvalue weighted by molar-refractivity contribution is -0.126. The van der Waals surface area contributed by atoms with Crippen LogP contribution in [0, 0.1) is 5.92 Å². The molecule has 1 saturated carbocycles. The highest BCUT2D eigenvalue weighted by molar-refractivity contribution is 7.89. The Bertz CT molecular complexity index is 827. The third-order valence-electron chi connectivity index (χ3n) is 6.47. The second-order valence-corrected chi connectivity index (χ2v) is 10.4. The molecule has 28 heavy (non-hydrogen) atoms. The first-order valence-electron chi connectivity index (χ1n) is 10.5. The van der Waals surface area contributed by atoms with Gasteiger partial charge < -0.3 is 10.2 Å². The Morgan fingerprint density at radius 3 is 2.57 bits per heavy atom. The number of aryl methyl sites for hydroxylation is 2. The van der Waals surface area contributed by atoms with Crippen molar-refractivity contribution in [2.24, 2.45) is 5.92 Å². The van der Waals surface area contributed by atoms with Crippen molar-refractivity contribution in [2.75, 3.05) is 33.2 Å². The second-order valence-electron chi connectivity index (χ2n) is 8.47. The molecule has 6 nitrogen and oxygen atoms in total. The number of fused-ring (bicyclic) bond motifs is 1. The zero-order valence-electron chi connectivity index (χ0n) is 16.7. The summed E-state index contributed by atoms with van der Waals surface area (Å²) in [6.45, 7) is 2.38. The van der Waals surface area contributed by atoms with E-state index in [2.05, 4.69) is 17.3 Å². The van der Waals surface area contributed by atoms with Crippen molar-refractivity contribution in [3.05, 3.63) is 29.3 Å². The van der Waals surface area contributed by atoms with E-state index in [1.807, 2.05) is 12.1 Å². The van der Waals surface area contributed by atoms with E-state index in [-0.39, 0.29) is 11.8 Å². The van der Waals surface area contributed by atoms with Gasteiger partial charge in [-0.2, -0.15) is 4.31 Å². The smallest absolute Gasteiger partial charge is 0.243 e. The van der Waals surface area contributed by atoms with Gasteiger partial charge in [-0.15, -0.1) is 0 Å². The van der Waals surface area contributed by atoms with E-state index in [9.17, 15) is 13.2 Å². The number of rotatable bonds is 7. The Kier molecular flexibility index (Phi) is 5.76. The number of sulfonamides is 1. The first-order chi connectivity index (χ1) is 13.4. The molecular formula is C21H31N3O3S. The van der Waals surface area contributed by atoms with Gasteiger partial charge in [0.2, 0.25) is 15.9 Å².